The SMILES string of the molecule is CCCC1(C(=O)N(CC(=O)O)CC(C)C)CCNCC1. The van der Waals surface area contributed by atoms with E-state index in [4.69, 9.17) is 5.11 Å². The van der Waals surface area contributed by atoms with Crippen LogP contribution in [0.5, 0.6) is 0 Å². The molecule has 0 unspecified atom stereocenters. The largest absolute Gasteiger partial charge is 0.480 e. The lowest BCUT2D eigenvalue weighted by Gasteiger charge is -2.40. The molecule has 0 aromatic carbocycles. The lowest BCUT2D eigenvalue weighted by Crippen LogP contribution is -2.51. The molecular formula is C15H28N2O3. The fraction of sp³-hybridized carbons (Fsp3) is 0.867. The fourth-order valence-corrected chi connectivity index (χ4v) is 3.11. The average molecular weight is 284 g/mol. The van der Waals surface area contributed by atoms with Gasteiger partial charge in [-0.1, -0.05) is 27.2 Å². The smallest absolute Gasteiger partial charge is 0.323 e. The average Bonchev–Trinajstić information content (AvgIpc) is 2.37. The molecule has 0 spiro atoms. The second kappa shape index (κ2) is 7.62. The van der Waals surface area contributed by atoms with E-state index in [1.807, 2.05) is 13.8 Å². The van der Waals surface area contributed by atoms with Crippen molar-refractivity contribution >= 4 is 11.9 Å². The first-order valence-corrected chi connectivity index (χ1v) is 7.63. The first-order chi connectivity index (χ1) is 9.41. The minimum atomic E-state index is -0.931. The Morgan fingerprint density at radius 3 is 2.35 bits per heavy atom. The second-order valence-corrected chi connectivity index (χ2v) is 6.25. The van der Waals surface area contributed by atoms with E-state index in [0.717, 1.165) is 38.8 Å². The molecular weight excluding hydrogens is 256 g/mol. The number of carbonyl (C=O) groups is 2. The summed E-state index contributed by atoms with van der Waals surface area (Å²) < 4.78 is 0. The number of aliphatic carboxylic acids is 1. The van der Waals surface area contributed by atoms with Gasteiger partial charge < -0.3 is 15.3 Å². The molecule has 1 fully saturated rings. The van der Waals surface area contributed by atoms with Gasteiger partial charge in [-0.05, 0) is 38.3 Å². The van der Waals surface area contributed by atoms with Crippen LogP contribution in [-0.4, -0.2) is 48.1 Å². The van der Waals surface area contributed by atoms with Crippen LogP contribution in [0, 0.1) is 11.3 Å². The summed E-state index contributed by atoms with van der Waals surface area (Å²) in [5.41, 5.74) is -0.357. The number of carboxylic acid groups (broad SMARTS) is 1. The molecule has 0 aliphatic carbocycles. The van der Waals surface area contributed by atoms with Gasteiger partial charge in [0.15, 0.2) is 0 Å². The van der Waals surface area contributed by atoms with Gasteiger partial charge in [0, 0.05) is 6.54 Å². The molecule has 116 valence electrons. The van der Waals surface area contributed by atoms with Crippen LogP contribution in [0.2, 0.25) is 0 Å². The maximum Gasteiger partial charge on any atom is 0.323 e. The lowest BCUT2D eigenvalue weighted by molar-refractivity contribution is -0.152. The van der Waals surface area contributed by atoms with E-state index >= 15 is 0 Å². The van der Waals surface area contributed by atoms with Crippen molar-refractivity contribution in [1.29, 1.82) is 0 Å². The van der Waals surface area contributed by atoms with E-state index < -0.39 is 5.97 Å². The third kappa shape index (κ3) is 4.47. The van der Waals surface area contributed by atoms with Gasteiger partial charge in [0.25, 0.3) is 0 Å². The summed E-state index contributed by atoms with van der Waals surface area (Å²) in [6, 6.07) is 0. The minimum absolute atomic E-state index is 0.0388. The first kappa shape index (κ1) is 17.0. The van der Waals surface area contributed by atoms with E-state index in [0.29, 0.717) is 6.54 Å². The van der Waals surface area contributed by atoms with Crippen molar-refractivity contribution < 1.29 is 14.7 Å². The summed E-state index contributed by atoms with van der Waals surface area (Å²) in [6.07, 6.45) is 3.43. The third-order valence-corrected chi connectivity index (χ3v) is 3.94. The molecule has 1 amide bonds. The normalized spacial score (nSPS) is 18.0. The van der Waals surface area contributed by atoms with Crippen molar-refractivity contribution in [2.75, 3.05) is 26.2 Å². The number of nitrogens with one attached hydrogen (secondary N) is 1. The van der Waals surface area contributed by atoms with Gasteiger partial charge in [0.05, 0.1) is 5.41 Å². The number of nitrogens with zero attached hydrogens (tertiary/aromatic N) is 1. The highest BCUT2D eigenvalue weighted by Gasteiger charge is 2.41. The van der Waals surface area contributed by atoms with E-state index in [9.17, 15) is 9.59 Å². The van der Waals surface area contributed by atoms with Crippen molar-refractivity contribution in [3.05, 3.63) is 0 Å². The predicted molar refractivity (Wildman–Crippen MR) is 78.5 cm³/mol. The maximum atomic E-state index is 12.9. The summed E-state index contributed by atoms with van der Waals surface area (Å²) in [5.74, 6) is -0.616. The van der Waals surface area contributed by atoms with Crippen LogP contribution >= 0.6 is 0 Å². The predicted octanol–water partition coefficient (Wildman–Crippen LogP) is 1.73. The van der Waals surface area contributed by atoms with E-state index in [-0.39, 0.29) is 23.8 Å². The number of hydrogen-bond donors (Lipinski definition) is 2. The molecule has 0 bridgehead atoms. The summed E-state index contributed by atoms with van der Waals surface area (Å²) in [5, 5.41) is 12.3. The van der Waals surface area contributed by atoms with Gasteiger partial charge in [-0.15, -0.1) is 0 Å². The van der Waals surface area contributed by atoms with Crippen molar-refractivity contribution in [2.24, 2.45) is 11.3 Å². The maximum absolute atomic E-state index is 12.9. The molecule has 0 aromatic rings. The third-order valence-electron chi connectivity index (χ3n) is 3.94. The lowest BCUT2D eigenvalue weighted by atomic mass is 9.74. The number of carbonyl (C=O) groups excluding carboxylic acids is 1. The quantitative estimate of drug-likeness (QED) is 0.747. The highest BCUT2D eigenvalue weighted by atomic mass is 16.4. The molecule has 5 nitrogen and oxygen atoms in total. The standard InChI is InChI=1S/C15H28N2O3/c1-4-5-15(6-8-16-9-7-15)14(20)17(10-12(2)3)11-13(18)19/h12,16H,4-11H2,1-3H3,(H,18,19). The van der Waals surface area contributed by atoms with Gasteiger partial charge in [0.2, 0.25) is 5.91 Å². The zero-order valence-electron chi connectivity index (χ0n) is 12.9. The Hall–Kier alpha value is -1.10. The minimum Gasteiger partial charge on any atom is -0.480 e. The number of piperidine rings is 1. The van der Waals surface area contributed by atoms with Crippen LogP contribution in [0.3, 0.4) is 0 Å². The molecule has 0 aromatic heterocycles. The van der Waals surface area contributed by atoms with Crippen molar-refractivity contribution in [3.63, 3.8) is 0 Å². The molecule has 2 N–H and O–H groups in total. The van der Waals surface area contributed by atoms with Gasteiger partial charge in [-0.25, -0.2) is 0 Å². The zero-order valence-corrected chi connectivity index (χ0v) is 12.9. The summed E-state index contributed by atoms with van der Waals surface area (Å²) in [6.45, 7) is 8.12. The van der Waals surface area contributed by atoms with Gasteiger partial charge >= 0.3 is 5.97 Å². The Morgan fingerprint density at radius 2 is 1.90 bits per heavy atom. The molecule has 1 heterocycles. The van der Waals surface area contributed by atoms with Gasteiger partial charge in [-0.3, -0.25) is 9.59 Å². The number of rotatable bonds is 7. The second-order valence-electron chi connectivity index (χ2n) is 6.25. The monoisotopic (exact) mass is 284 g/mol. The zero-order chi connectivity index (χ0) is 15.2. The Bertz CT molecular complexity index is 331. The van der Waals surface area contributed by atoms with Crippen LogP contribution in [0.25, 0.3) is 0 Å². The van der Waals surface area contributed by atoms with E-state index in [2.05, 4.69) is 12.2 Å². The highest BCUT2D eigenvalue weighted by molar-refractivity contribution is 5.86. The molecule has 5 heteroatoms. The summed E-state index contributed by atoms with van der Waals surface area (Å²) >= 11 is 0. The number of carboxylic acids is 1. The topological polar surface area (TPSA) is 69.6 Å². The Morgan fingerprint density at radius 1 is 1.30 bits per heavy atom. The molecule has 1 saturated heterocycles. The Kier molecular flexibility index (Phi) is 6.46. The molecule has 1 aliphatic heterocycles. The van der Waals surface area contributed by atoms with Gasteiger partial charge in [-0.2, -0.15) is 0 Å². The fourth-order valence-electron chi connectivity index (χ4n) is 3.11. The van der Waals surface area contributed by atoms with E-state index in [1.165, 1.54) is 0 Å². The van der Waals surface area contributed by atoms with Crippen molar-refractivity contribution in [3.8, 4) is 0 Å². The van der Waals surface area contributed by atoms with E-state index in [1.54, 1.807) is 4.90 Å². The van der Waals surface area contributed by atoms with Crippen LogP contribution in [0.1, 0.15) is 46.5 Å². The molecule has 0 atom stereocenters. The number of amides is 1. The van der Waals surface area contributed by atoms with Crippen LogP contribution in [-0.2, 0) is 9.59 Å². The molecule has 20 heavy (non-hydrogen) atoms. The highest BCUT2D eigenvalue weighted by Crippen LogP contribution is 2.36. The Balaban J connectivity index is 2.89. The van der Waals surface area contributed by atoms with Crippen molar-refractivity contribution in [1.82, 2.24) is 10.2 Å². The summed E-state index contributed by atoms with van der Waals surface area (Å²) in [7, 11) is 0. The summed E-state index contributed by atoms with van der Waals surface area (Å²) in [4.78, 5) is 25.5. The Labute approximate surface area is 121 Å². The van der Waals surface area contributed by atoms with Gasteiger partial charge in [0.1, 0.15) is 6.54 Å². The van der Waals surface area contributed by atoms with Crippen LogP contribution in [0.15, 0.2) is 0 Å². The van der Waals surface area contributed by atoms with Crippen LogP contribution in [0.4, 0.5) is 0 Å². The molecule has 1 aliphatic rings. The van der Waals surface area contributed by atoms with Crippen molar-refractivity contribution in [2.45, 2.75) is 46.5 Å². The first-order valence-electron chi connectivity index (χ1n) is 7.63. The molecule has 1 rings (SSSR count). The molecule has 0 radical (unpaired) electrons. The number of hydrogen-bond acceptors (Lipinski definition) is 3. The van der Waals surface area contributed by atoms with Crippen LogP contribution < -0.4 is 5.32 Å². The molecule has 0 saturated carbocycles.